The summed E-state index contributed by atoms with van der Waals surface area (Å²) in [7, 11) is -4.42. The molecule has 278 valence electrons. The Balaban J connectivity index is 1.15. The molecule has 0 aromatic carbocycles. The number of likely N-dealkylation sites (tertiary alicyclic amines) is 1. The fraction of sp³-hybridized carbons (Fsp3) is 0.545. The van der Waals surface area contributed by atoms with Crippen LogP contribution in [-0.4, -0.2) is 81.6 Å². The highest BCUT2D eigenvalue weighted by molar-refractivity contribution is 7.90. The Kier molecular flexibility index (Phi) is 10.8. The van der Waals surface area contributed by atoms with Crippen molar-refractivity contribution in [1.29, 1.82) is 0 Å². The lowest BCUT2D eigenvalue weighted by atomic mass is 10.0. The van der Waals surface area contributed by atoms with Crippen LogP contribution in [0.15, 0.2) is 47.6 Å². The second-order valence-electron chi connectivity index (χ2n) is 14.3. The van der Waals surface area contributed by atoms with E-state index in [1.807, 2.05) is 39.3 Å². The Bertz CT molecular complexity index is 1870. The van der Waals surface area contributed by atoms with Crippen molar-refractivity contribution in [2.24, 2.45) is 11.8 Å². The molecule has 2 aliphatic rings. The number of halogens is 4. The number of rotatable bonds is 12. The van der Waals surface area contributed by atoms with Crippen molar-refractivity contribution in [3.05, 3.63) is 53.3 Å². The number of amides is 2. The molecule has 2 N–H and O–H groups in total. The van der Waals surface area contributed by atoms with E-state index in [1.54, 1.807) is 11.0 Å². The van der Waals surface area contributed by atoms with Gasteiger partial charge in [0, 0.05) is 30.4 Å². The third-order valence-corrected chi connectivity index (χ3v) is 10.2. The molecular formula is C33H41ClF3N7O6S. The lowest BCUT2D eigenvalue weighted by molar-refractivity contribution is -0.151. The predicted octanol–water partition coefficient (Wildman–Crippen LogP) is 6.38. The molecule has 1 aliphatic heterocycles. The predicted molar refractivity (Wildman–Crippen MR) is 181 cm³/mol. The molecule has 3 unspecified atom stereocenters. The zero-order valence-electron chi connectivity index (χ0n) is 28.8. The molecule has 0 bridgehead atoms. The van der Waals surface area contributed by atoms with Crippen molar-refractivity contribution >= 4 is 39.4 Å². The number of hydrogen-bond acceptors (Lipinski definition) is 10. The number of carbonyl (C=O) groups excluding carboxylic acids is 2. The second-order valence-corrected chi connectivity index (χ2v) is 16.2. The van der Waals surface area contributed by atoms with Gasteiger partial charge in [-0.1, -0.05) is 17.7 Å². The molecule has 1 saturated carbocycles. The lowest BCUT2D eigenvalue weighted by Crippen LogP contribution is -2.49. The van der Waals surface area contributed by atoms with Gasteiger partial charge in [-0.15, -0.1) is 5.10 Å². The van der Waals surface area contributed by atoms with Gasteiger partial charge in [0.2, 0.25) is 5.88 Å². The zero-order chi connectivity index (χ0) is 37.4. The van der Waals surface area contributed by atoms with Gasteiger partial charge < -0.3 is 19.7 Å². The molecule has 51 heavy (non-hydrogen) atoms. The second kappa shape index (κ2) is 14.5. The Morgan fingerprint density at radius 1 is 1.08 bits per heavy atom. The maximum absolute atomic E-state index is 13.1. The molecular weight excluding hydrogens is 715 g/mol. The average Bonchev–Trinajstić information content (AvgIpc) is 3.55. The first-order valence-corrected chi connectivity index (χ1v) is 18.3. The van der Waals surface area contributed by atoms with Crippen LogP contribution in [0.25, 0.3) is 5.82 Å². The maximum Gasteiger partial charge on any atom is 0.410 e. The molecule has 3 aromatic rings. The summed E-state index contributed by atoms with van der Waals surface area (Å²) in [5, 5.41) is 6.58. The van der Waals surface area contributed by atoms with Gasteiger partial charge in [0.1, 0.15) is 16.6 Å². The Morgan fingerprint density at radius 2 is 1.82 bits per heavy atom. The highest BCUT2D eigenvalue weighted by Gasteiger charge is 2.55. The van der Waals surface area contributed by atoms with Gasteiger partial charge in [-0.2, -0.15) is 21.6 Å². The number of carbonyl (C=O) groups is 2. The van der Waals surface area contributed by atoms with Crippen LogP contribution in [0.4, 0.5) is 23.8 Å². The van der Waals surface area contributed by atoms with Crippen LogP contribution in [0.2, 0.25) is 5.15 Å². The van der Waals surface area contributed by atoms with Gasteiger partial charge in [0.15, 0.2) is 10.8 Å². The lowest BCUT2D eigenvalue weighted by Gasteiger charge is -2.37. The van der Waals surface area contributed by atoms with Crippen molar-refractivity contribution in [2.45, 2.75) is 95.1 Å². The molecule has 5 rings (SSSR count). The standard InChI is InChI=1S/C33H41ClF3N7O6S/c1-31(2,3)50-30(46)44-21(11-15-32(44,4)5)12-16-38-24-7-6-8-27(39-24)51(47,48)42-29(45)22-9-10-25(40-28(22)34)43-17-13-26(41-43)49-18-14-20-19-23(20)33(35,36)37/h6-10,13,17,20-21,23H,11-12,14-16,18-19H2,1-5H3,(H,38,39)(H,42,45). The molecule has 1 aliphatic carbocycles. The topological polar surface area (TPSA) is 158 Å². The highest BCUT2D eigenvalue weighted by atomic mass is 35.5. The number of aromatic nitrogens is 4. The van der Waals surface area contributed by atoms with E-state index in [4.69, 9.17) is 21.1 Å². The summed E-state index contributed by atoms with van der Waals surface area (Å²) in [6.07, 6.45) is -0.558. The van der Waals surface area contributed by atoms with E-state index in [0.717, 1.165) is 12.8 Å². The molecule has 3 atom stereocenters. The highest BCUT2D eigenvalue weighted by Crippen LogP contribution is 2.51. The summed E-state index contributed by atoms with van der Waals surface area (Å²) in [6.45, 7) is 9.91. The summed E-state index contributed by atoms with van der Waals surface area (Å²) in [5.41, 5.74) is -1.23. The molecule has 0 radical (unpaired) electrons. The Morgan fingerprint density at radius 3 is 2.49 bits per heavy atom. The molecule has 2 fully saturated rings. The first-order valence-electron chi connectivity index (χ1n) is 16.5. The number of hydrogen-bond donors (Lipinski definition) is 2. The van der Waals surface area contributed by atoms with Crippen LogP contribution < -0.4 is 14.8 Å². The Hall–Kier alpha value is -4.12. The van der Waals surface area contributed by atoms with E-state index >= 15 is 0 Å². The molecule has 0 spiro atoms. The smallest absolute Gasteiger partial charge is 0.410 e. The monoisotopic (exact) mass is 755 g/mol. The normalized spacial score (nSPS) is 20.2. The minimum atomic E-state index is -4.42. The van der Waals surface area contributed by atoms with Gasteiger partial charge in [-0.25, -0.2) is 24.2 Å². The number of sulfonamides is 1. The quantitative estimate of drug-likeness (QED) is 0.199. The van der Waals surface area contributed by atoms with Gasteiger partial charge in [0.25, 0.3) is 15.9 Å². The molecule has 3 aromatic heterocycles. The van der Waals surface area contributed by atoms with Crippen LogP contribution >= 0.6 is 11.6 Å². The molecule has 18 heteroatoms. The third-order valence-electron chi connectivity index (χ3n) is 8.67. The summed E-state index contributed by atoms with van der Waals surface area (Å²) < 4.78 is 78.8. The third kappa shape index (κ3) is 9.61. The van der Waals surface area contributed by atoms with E-state index in [0.29, 0.717) is 13.0 Å². The fourth-order valence-corrected chi connectivity index (χ4v) is 7.19. The maximum atomic E-state index is 13.1. The van der Waals surface area contributed by atoms with Crippen LogP contribution in [0.3, 0.4) is 0 Å². The SMILES string of the molecule is CC(C)(C)OC(=O)N1C(CCNc2cccc(S(=O)(=O)NC(=O)c3ccc(-n4ccc(OCCC5CC5C(F)(F)F)n4)nc3Cl)n2)CCC1(C)C. The van der Waals surface area contributed by atoms with Crippen molar-refractivity contribution in [3.63, 3.8) is 0 Å². The van der Waals surface area contributed by atoms with Crippen molar-refractivity contribution in [3.8, 4) is 11.7 Å². The van der Waals surface area contributed by atoms with Crippen LogP contribution in [0.1, 0.15) is 77.1 Å². The number of ether oxygens (including phenoxy) is 2. The first-order chi connectivity index (χ1) is 23.7. The number of nitrogens with zero attached hydrogens (tertiary/aromatic N) is 5. The van der Waals surface area contributed by atoms with Crippen molar-refractivity contribution in [2.75, 3.05) is 18.5 Å². The van der Waals surface area contributed by atoms with Gasteiger partial charge in [-0.3, -0.25) is 4.79 Å². The van der Waals surface area contributed by atoms with E-state index < -0.39 is 44.6 Å². The summed E-state index contributed by atoms with van der Waals surface area (Å²) in [5.74, 6) is -2.15. The van der Waals surface area contributed by atoms with Crippen molar-refractivity contribution in [1.82, 2.24) is 29.4 Å². The Labute approximate surface area is 299 Å². The summed E-state index contributed by atoms with van der Waals surface area (Å²) in [4.78, 5) is 36.0. The van der Waals surface area contributed by atoms with E-state index in [1.165, 1.54) is 41.2 Å². The van der Waals surface area contributed by atoms with E-state index in [9.17, 15) is 31.2 Å². The first kappa shape index (κ1) is 38.1. The van der Waals surface area contributed by atoms with Gasteiger partial charge in [0.05, 0.1) is 18.1 Å². The van der Waals surface area contributed by atoms with Crippen LogP contribution in [0, 0.1) is 11.8 Å². The molecule has 13 nitrogen and oxygen atoms in total. The van der Waals surface area contributed by atoms with Crippen molar-refractivity contribution < 1.29 is 40.7 Å². The summed E-state index contributed by atoms with van der Waals surface area (Å²) in [6, 6.07) is 8.39. The molecule has 1 saturated heterocycles. The average molecular weight is 756 g/mol. The summed E-state index contributed by atoms with van der Waals surface area (Å²) >= 11 is 6.26. The minimum absolute atomic E-state index is 0.0669. The van der Waals surface area contributed by atoms with E-state index in [-0.39, 0.29) is 65.4 Å². The number of pyridine rings is 2. The zero-order valence-corrected chi connectivity index (χ0v) is 30.4. The number of nitrogens with one attached hydrogen (secondary N) is 2. The number of anilines is 1. The van der Waals surface area contributed by atoms with Crippen LogP contribution in [-0.2, 0) is 14.8 Å². The van der Waals surface area contributed by atoms with Gasteiger partial charge >= 0.3 is 12.3 Å². The van der Waals surface area contributed by atoms with E-state index in [2.05, 4.69) is 20.4 Å². The largest absolute Gasteiger partial charge is 0.477 e. The fourth-order valence-electron chi connectivity index (χ4n) is 6.02. The molecule has 2 amide bonds. The molecule has 4 heterocycles. The van der Waals surface area contributed by atoms with Gasteiger partial charge in [-0.05, 0) is 96.9 Å². The number of alkyl halides is 3. The minimum Gasteiger partial charge on any atom is -0.477 e. The van der Waals surface area contributed by atoms with Crippen LogP contribution in [0.5, 0.6) is 5.88 Å².